The number of aromatic nitrogens is 7. The fourth-order valence-electron chi connectivity index (χ4n) is 3.69. The minimum Gasteiger partial charge on any atom is -0.377 e. The number of rotatable bonds is 4. The van der Waals surface area contributed by atoms with E-state index in [4.69, 9.17) is 9.72 Å². The molecule has 1 N–H and O–H groups in total. The minimum atomic E-state index is -2.86. The molecule has 0 amide bonds. The lowest BCUT2D eigenvalue weighted by molar-refractivity contribution is 0.0985. The maximum atomic E-state index is 13.3. The smallest absolute Gasteiger partial charge is 0.178 e. The van der Waals surface area contributed by atoms with Gasteiger partial charge in [-0.1, -0.05) is 0 Å². The van der Waals surface area contributed by atoms with Gasteiger partial charge in [-0.25, -0.2) is 19.2 Å². The van der Waals surface area contributed by atoms with Crippen molar-refractivity contribution >= 4 is 32.4 Å². The largest absolute Gasteiger partial charge is 0.377 e. The summed E-state index contributed by atoms with van der Waals surface area (Å²) in [5.41, 5.74) is 1.56. The monoisotopic (exact) mass is 453 g/mol. The Morgan fingerprint density at radius 3 is 2.97 bits per heavy atom. The Morgan fingerprint density at radius 2 is 2.19 bits per heavy atom. The number of nitrogens with one attached hydrogen (secondary N) is 1. The first-order chi connectivity index (χ1) is 15.4. The van der Waals surface area contributed by atoms with Crippen molar-refractivity contribution < 1.29 is 8.95 Å². The Balaban J connectivity index is 1.69. The normalized spacial score (nSPS) is 18.6. The first-order valence-electron chi connectivity index (χ1n) is 10.2. The van der Waals surface area contributed by atoms with Gasteiger partial charge in [-0.3, -0.25) is 0 Å². The summed E-state index contributed by atoms with van der Waals surface area (Å²) < 4.78 is 23.4. The molecule has 5 heterocycles. The lowest BCUT2D eigenvalue weighted by Crippen LogP contribution is -2.44. The van der Waals surface area contributed by atoms with Gasteiger partial charge in [-0.05, 0) is 19.1 Å². The second-order valence-electron chi connectivity index (χ2n) is 7.69. The van der Waals surface area contributed by atoms with Crippen molar-refractivity contribution in [3.63, 3.8) is 0 Å². The average molecular weight is 454 g/mol. The molecule has 1 unspecified atom stereocenters. The number of anilines is 1. The zero-order chi connectivity index (χ0) is 22.3. The van der Waals surface area contributed by atoms with Crippen molar-refractivity contribution in [2.75, 3.05) is 30.9 Å². The SMILES string of the molecule is C[C@@H]1COCCN1c1cc(N=S(C)(=O)c2cnn(C)n2)nc(-c2ccnc3[nH]ccc23)n1. The van der Waals surface area contributed by atoms with E-state index in [1.165, 1.54) is 17.2 Å². The molecule has 12 heteroatoms. The number of morpholine rings is 1. The lowest BCUT2D eigenvalue weighted by atomic mass is 10.1. The number of hydrogen-bond acceptors (Lipinski definition) is 9. The maximum Gasteiger partial charge on any atom is 0.178 e. The van der Waals surface area contributed by atoms with Crippen molar-refractivity contribution in [3.8, 4) is 11.4 Å². The predicted octanol–water partition coefficient (Wildman–Crippen LogP) is 2.16. The summed E-state index contributed by atoms with van der Waals surface area (Å²) in [7, 11) is -1.18. The van der Waals surface area contributed by atoms with Crippen LogP contribution in [0.2, 0.25) is 0 Å². The summed E-state index contributed by atoms with van der Waals surface area (Å²) >= 11 is 0. The Labute approximate surface area is 185 Å². The van der Waals surface area contributed by atoms with E-state index in [1.54, 1.807) is 19.3 Å². The summed E-state index contributed by atoms with van der Waals surface area (Å²) in [4.78, 5) is 20.5. The third-order valence-corrected chi connectivity index (χ3v) is 6.80. The summed E-state index contributed by atoms with van der Waals surface area (Å²) in [6.45, 7) is 3.99. The van der Waals surface area contributed by atoms with Crippen LogP contribution in [0.1, 0.15) is 6.92 Å². The van der Waals surface area contributed by atoms with Crippen LogP contribution in [0.4, 0.5) is 11.6 Å². The summed E-state index contributed by atoms with van der Waals surface area (Å²) in [6, 6.07) is 5.70. The quantitative estimate of drug-likeness (QED) is 0.498. The molecule has 1 aliphatic rings. The van der Waals surface area contributed by atoms with E-state index < -0.39 is 9.73 Å². The molecule has 2 atom stereocenters. The molecule has 0 aromatic carbocycles. The van der Waals surface area contributed by atoms with Gasteiger partial charge >= 0.3 is 0 Å². The van der Waals surface area contributed by atoms with E-state index in [9.17, 15) is 4.21 Å². The van der Waals surface area contributed by atoms with E-state index >= 15 is 0 Å². The number of nitrogens with zero attached hydrogens (tertiary/aromatic N) is 8. The molecule has 0 aliphatic carbocycles. The molecule has 32 heavy (non-hydrogen) atoms. The summed E-state index contributed by atoms with van der Waals surface area (Å²) in [5, 5.41) is 9.39. The molecular formula is C20H23N9O2S. The maximum absolute atomic E-state index is 13.3. The van der Waals surface area contributed by atoms with Crippen molar-refractivity contribution in [2.24, 2.45) is 11.4 Å². The van der Waals surface area contributed by atoms with Gasteiger partial charge in [0.25, 0.3) is 0 Å². The van der Waals surface area contributed by atoms with Gasteiger partial charge in [0.05, 0.1) is 35.2 Å². The Bertz CT molecular complexity index is 1400. The zero-order valence-corrected chi connectivity index (χ0v) is 18.8. The number of ether oxygens (including phenoxy) is 1. The van der Waals surface area contributed by atoms with Crippen LogP contribution in [0.5, 0.6) is 0 Å². The second kappa shape index (κ2) is 7.95. The molecule has 166 valence electrons. The molecule has 4 aromatic heterocycles. The molecule has 4 aromatic rings. The fraction of sp³-hybridized carbons (Fsp3) is 0.350. The summed E-state index contributed by atoms with van der Waals surface area (Å²) in [6.07, 6.45) is 6.53. The van der Waals surface area contributed by atoms with Gasteiger partial charge in [0.1, 0.15) is 11.5 Å². The van der Waals surface area contributed by atoms with Crippen molar-refractivity contribution in [1.29, 1.82) is 0 Å². The number of hydrogen-bond donors (Lipinski definition) is 1. The Hall–Kier alpha value is -3.38. The van der Waals surface area contributed by atoms with Crippen LogP contribution in [0.25, 0.3) is 22.4 Å². The van der Waals surface area contributed by atoms with Crippen LogP contribution in [-0.2, 0) is 21.5 Å². The fourth-order valence-corrected chi connectivity index (χ4v) is 4.74. The highest BCUT2D eigenvalue weighted by Crippen LogP contribution is 2.30. The second-order valence-corrected chi connectivity index (χ2v) is 9.90. The molecule has 0 bridgehead atoms. The Morgan fingerprint density at radius 1 is 1.31 bits per heavy atom. The van der Waals surface area contributed by atoms with E-state index in [-0.39, 0.29) is 6.04 Å². The minimum absolute atomic E-state index is 0.134. The highest BCUT2D eigenvalue weighted by atomic mass is 32.2. The molecule has 0 radical (unpaired) electrons. The standard InChI is InChI=1S/C20H23N9O2S/c1-13-12-31-9-8-29(13)17-10-16(27-32(3,30)18-11-23-28(2)26-18)24-20(25-17)15-5-7-22-19-14(15)4-6-21-19/h4-7,10-11,13H,8-9,12H2,1-3H3,(H,21,22)/t13-,32?/m1/s1. The molecule has 1 aliphatic heterocycles. The van der Waals surface area contributed by atoms with E-state index in [0.717, 1.165) is 16.6 Å². The third-order valence-electron chi connectivity index (χ3n) is 5.30. The number of aryl methyl sites for hydroxylation is 1. The van der Waals surface area contributed by atoms with Crippen LogP contribution in [0.3, 0.4) is 0 Å². The number of aromatic amines is 1. The molecule has 0 spiro atoms. The van der Waals surface area contributed by atoms with Gasteiger partial charge < -0.3 is 14.6 Å². The number of pyridine rings is 1. The first-order valence-corrected chi connectivity index (χ1v) is 12.1. The van der Waals surface area contributed by atoms with Crippen LogP contribution in [0.15, 0.2) is 46.2 Å². The van der Waals surface area contributed by atoms with Crippen LogP contribution < -0.4 is 4.90 Å². The van der Waals surface area contributed by atoms with Crippen molar-refractivity contribution in [1.82, 2.24) is 34.9 Å². The van der Waals surface area contributed by atoms with Crippen molar-refractivity contribution in [3.05, 3.63) is 36.8 Å². The lowest BCUT2D eigenvalue weighted by Gasteiger charge is -2.34. The van der Waals surface area contributed by atoms with Gasteiger partial charge in [0.2, 0.25) is 0 Å². The summed E-state index contributed by atoms with van der Waals surface area (Å²) in [5.74, 6) is 1.52. The highest BCUT2D eigenvalue weighted by molar-refractivity contribution is 7.93. The van der Waals surface area contributed by atoms with E-state index in [1.807, 2.05) is 18.3 Å². The Kier molecular flexibility index (Phi) is 5.10. The van der Waals surface area contributed by atoms with Gasteiger partial charge in [0, 0.05) is 49.3 Å². The molecular weight excluding hydrogens is 430 g/mol. The molecule has 1 saturated heterocycles. The van der Waals surface area contributed by atoms with Crippen LogP contribution >= 0.6 is 0 Å². The number of fused-ring (bicyclic) bond motifs is 1. The van der Waals surface area contributed by atoms with Crippen LogP contribution in [0, 0.1) is 0 Å². The van der Waals surface area contributed by atoms with Crippen LogP contribution in [-0.4, -0.2) is 71.2 Å². The van der Waals surface area contributed by atoms with Gasteiger partial charge in [-0.15, -0.1) is 5.10 Å². The third kappa shape index (κ3) is 3.82. The topological polar surface area (TPSA) is 127 Å². The molecule has 0 saturated carbocycles. The first kappa shape index (κ1) is 20.5. The molecule has 11 nitrogen and oxygen atoms in total. The van der Waals surface area contributed by atoms with Crippen molar-refractivity contribution in [2.45, 2.75) is 18.0 Å². The van der Waals surface area contributed by atoms with Gasteiger partial charge in [-0.2, -0.15) is 14.3 Å². The van der Waals surface area contributed by atoms with E-state index in [2.05, 4.69) is 41.3 Å². The molecule has 5 rings (SSSR count). The zero-order valence-electron chi connectivity index (χ0n) is 18.0. The molecule has 1 fully saturated rings. The number of H-pyrrole nitrogens is 1. The predicted molar refractivity (Wildman–Crippen MR) is 120 cm³/mol. The average Bonchev–Trinajstić information content (AvgIpc) is 3.42. The van der Waals surface area contributed by atoms with E-state index in [0.29, 0.717) is 42.2 Å². The van der Waals surface area contributed by atoms with Gasteiger partial charge in [0.15, 0.2) is 16.7 Å². The highest BCUT2D eigenvalue weighted by Gasteiger charge is 2.23.